The van der Waals surface area contributed by atoms with Crippen LogP contribution >= 0.6 is 11.6 Å². The molecule has 38 heavy (non-hydrogen) atoms. The van der Waals surface area contributed by atoms with Gasteiger partial charge in [0.1, 0.15) is 5.54 Å². The van der Waals surface area contributed by atoms with Crippen molar-refractivity contribution in [3.63, 3.8) is 0 Å². The Bertz CT molecular complexity index is 1580. The summed E-state index contributed by atoms with van der Waals surface area (Å²) in [5, 5.41) is 26.3. The van der Waals surface area contributed by atoms with Crippen LogP contribution in [0.25, 0.3) is 0 Å². The molecule has 10 nitrogen and oxygen atoms in total. The number of anilines is 2. The van der Waals surface area contributed by atoms with Crippen molar-refractivity contribution in [2.75, 3.05) is 17.0 Å². The van der Waals surface area contributed by atoms with Gasteiger partial charge in [-0.2, -0.15) is 0 Å². The van der Waals surface area contributed by atoms with Crippen LogP contribution in [0.1, 0.15) is 11.1 Å². The highest BCUT2D eigenvalue weighted by Gasteiger charge is 2.70. The number of halogens is 1. The van der Waals surface area contributed by atoms with Gasteiger partial charge in [0.15, 0.2) is 23.0 Å². The van der Waals surface area contributed by atoms with Gasteiger partial charge in [0.05, 0.1) is 17.5 Å². The Labute approximate surface area is 220 Å². The van der Waals surface area contributed by atoms with Gasteiger partial charge >= 0.3 is 0 Å². The number of fused-ring (bicyclic) bond motifs is 5. The number of imide groups is 1. The Morgan fingerprint density at radius 1 is 0.947 bits per heavy atom. The molecule has 4 aliphatic heterocycles. The van der Waals surface area contributed by atoms with Crippen LogP contribution in [0.4, 0.5) is 11.4 Å². The zero-order chi connectivity index (χ0) is 26.3. The highest BCUT2D eigenvalue weighted by atomic mass is 35.5. The number of hydrogen-bond acceptors (Lipinski definition) is 8. The largest absolute Gasteiger partial charge is 0.504 e. The molecule has 11 heteroatoms. The highest BCUT2D eigenvalue weighted by molar-refractivity contribution is 6.31. The van der Waals surface area contributed by atoms with E-state index in [4.69, 9.17) is 21.1 Å². The molecule has 0 saturated carbocycles. The van der Waals surface area contributed by atoms with Crippen LogP contribution in [0.5, 0.6) is 23.0 Å². The number of aromatic hydroxyl groups is 2. The van der Waals surface area contributed by atoms with E-state index in [2.05, 4.69) is 10.6 Å². The molecule has 0 bridgehead atoms. The van der Waals surface area contributed by atoms with Crippen molar-refractivity contribution < 1.29 is 34.1 Å². The first-order chi connectivity index (χ1) is 18.3. The first-order valence-electron chi connectivity index (χ1n) is 12.0. The van der Waals surface area contributed by atoms with E-state index >= 15 is 0 Å². The first kappa shape index (κ1) is 22.9. The number of nitrogens with zero attached hydrogens (tertiary/aromatic N) is 1. The smallest absolute Gasteiger partial charge is 0.250 e. The molecule has 0 aromatic heterocycles. The number of carbonyl (C=O) groups is 3. The summed E-state index contributed by atoms with van der Waals surface area (Å²) in [7, 11) is 0. The lowest BCUT2D eigenvalue weighted by Crippen LogP contribution is -2.53. The fourth-order valence-electron chi connectivity index (χ4n) is 6.18. The predicted molar refractivity (Wildman–Crippen MR) is 134 cm³/mol. The summed E-state index contributed by atoms with van der Waals surface area (Å²) in [5.41, 5.74) is 0.400. The third-order valence-electron chi connectivity index (χ3n) is 7.79. The molecule has 2 saturated heterocycles. The van der Waals surface area contributed by atoms with Crippen molar-refractivity contribution in [2.24, 2.45) is 11.8 Å². The summed E-state index contributed by atoms with van der Waals surface area (Å²) in [4.78, 5) is 42.8. The van der Waals surface area contributed by atoms with Gasteiger partial charge in [0.2, 0.25) is 24.5 Å². The molecule has 1 spiro atoms. The molecule has 0 aliphatic carbocycles. The minimum Gasteiger partial charge on any atom is -0.504 e. The lowest BCUT2D eigenvalue weighted by Gasteiger charge is -2.29. The van der Waals surface area contributed by atoms with Crippen LogP contribution in [0, 0.1) is 11.8 Å². The third kappa shape index (κ3) is 3.01. The topological polar surface area (TPSA) is 137 Å². The number of ether oxygens (including phenoxy) is 2. The molecule has 4 heterocycles. The highest BCUT2D eigenvalue weighted by Crippen LogP contribution is 2.54. The summed E-state index contributed by atoms with van der Waals surface area (Å²) in [6.45, 7) is 0.0399. The van der Waals surface area contributed by atoms with Crippen LogP contribution in [-0.2, 0) is 26.3 Å². The fourth-order valence-corrected chi connectivity index (χ4v) is 6.35. The molecule has 7 rings (SSSR count). The Balaban J connectivity index is 1.36. The molecule has 192 valence electrons. The molecule has 4 N–H and O–H groups in total. The van der Waals surface area contributed by atoms with Crippen molar-refractivity contribution in [3.8, 4) is 23.0 Å². The van der Waals surface area contributed by atoms with Crippen LogP contribution in [0.15, 0.2) is 54.6 Å². The molecule has 0 unspecified atom stereocenters. The Morgan fingerprint density at radius 2 is 1.76 bits per heavy atom. The number of nitrogens with one attached hydrogen (secondary N) is 2. The number of phenolic OH excluding ortho intramolecular Hbond substituents is 2. The van der Waals surface area contributed by atoms with E-state index in [1.54, 1.807) is 42.5 Å². The minimum absolute atomic E-state index is 0.0399. The summed E-state index contributed by atoms with van der Waals surface area (Å²) in [6, 6.07) is 13.5. The summed E-state index contributed by atoms with van der Waals surface area (Å²) in [5.74, 6) is -3.05. The van der Waals surface area contributed by atoms with Crippen molar-refractivity contribution in [3.05, 3.63) is 70.7 Å². The average Bonchev–Trinajstić information content (AvgIpc) is 3.61. The number of rotatable bonds is 3. The van der Waals surface area contributed by atoms with E-state index in [0.29, 0.717) is 39.0 Å². The Hall–Kier alpha value is -4.28. The van der Waals surface area contributed by atoms with Gasteiger partial charge < -0.3 is 25.0 Å². The molecule has 0 radical (unpaired) electrons. The maximum Gasteiger partial charge on any atom is 0.250 e. The third-order valence-corrected chi connectivity index (χ3v) is 8.02. The van der Waals surface area contributed by atoms with Crippen molar-refractivity contribution in [2.45, 2.75) is 18.0 Å². The lowest BCUT2D eigenvalue weighted by molar-refractivity contribution is -0.130. The summed E-state index contributed by atoms with van der Waals surface area (Å²) >= 11 is 6.31. The number of hydrogen-bond donors (Lipinski definition) is 4. The maximum absolute atomic E-state index is 14.1. The molecule has 2 fully saturated rings. The fraction of sp³-hybridized carbons (Fsp3) is 0.222. The van der Waals surface area contributed by atoms with Gasteiger partial charge in [-0.3, -0.25) is 19.7 Å². The normalized spacial score (nSPS) is 26.7. The van der Waals surface area contributed by atoms with E-state index < -0.39 is 41.1 Å². The van der Waals surface area contributed by atoms with Gasteiger partial charge in [0, 0.05) is 28.4 Å². The zero-order valence-electron chi connectivity index (χ0n) is 19.6. The minimum atomic E-state index is -1.54. The van der Waals surface area contributed by atoms with Gasteiger partial charge in [-0.25, -0.2) is 4.90 Å². The van der Waals surface area contributed by atoms with Crippen molar-refractivity contribution >= 4 is 40.7 Å². The second-order valence-electron chi connectivity index (χ2n) is 9.78. The SMILES string of the molecule is O=C1[C@@H]2[C@H](Cc3ccc(O)c(O)c3)N[C@]3(C(=O)Nc4ccc(Cl)cc43)[C@@H]2C(=O)N1c1ccc2c(c1)OCO2. The quantitative estimate of drug-likeness (QED) is 0.298. The van der Waals surface area contributed by atoms with Crippen LogP contribution < -0.4 is 25.0 Å². The van der Waals surface area contributed by atoms with Crippen LogP contribution in [0.2, 0.25) is 5.02 Å². The first-order valence-corrected chi connectivity index (χ1v) is 12.3. The van der Waals surface area contributed by atoms with Crippen molar-refractivity contribution in [1.29, 1.82) is 0 Å². The van der Waals surface area contributed by atoms with E-state index in [1.807, 2.05) is 0 Å². The second-order valence-corrected chi connectivity index (χ2v) is 10.2. The van der Waals surface area contributed by atoms with Gasteiger partial charge in [-0.05, 0) is 54.4 Å². The number of phenols is 2. The Kier molecular flexibility index (Phi) is 4.73. The van der Waals surface area contributed by atoms with Crippen molar-refractivity contribution in [1.82, 2.24) is 5.32 Å². The Morgan fingerprint density at radius 3 is 2.58 bits per heavy atom. The van der Waals surface area contributed by atoms with Gasteiger partial charge in [-0.1, -0.05) is 17.7 Å². The molecular formula is C27H20ClN3O7. The zero-order valence-corrected chi connectivity index (χ0v) is 20.4. The maximum atomic E-state index is 14.1. The summed E-state index contributed by atoms with van der Waals surface area (Å²) in [6.07, 6.45) is 0.202. The second kappa shape index (κ2) is 7.86. The molecule has 3 aromatic carbocycles. The number of amides is 3. The van der Waals surface area contributed by atoms with E-state index in [0.717, 1.165) is 4.90 Å². The van der Waals surface area contributed by atoms with E-state index in [9.17, 15) is 24.6 Å². The predicted octanol–water partition coefficient (Wildman–Crippen LogP) is 2.65. The molecular weight excluding hydrogens is 514 g/mol. The van der Waals surface area contributed by atoms with E-state index in [-0.39, 0.29) is 24.7 Å². The molecule has 4 atom stereocenters. The number of carbonyl (C=O) groups excluding carboxylic acids is 3. The number of benzene rings is 3. The molecule has 3 aromatic rings. The average molecular weight is 534 g/mol. The molecule has 3 amide bonds. The van der Waals surface area contributed by atoms with Gasteiger partial charge in [-0.15, -0.1) is 0 Å². The van der Waals surface area contributed by atoms with Crippen LogP contribution in [-0.4, -0.2) is 40.8 Å². The standard InChI is InChI=1S/C27H20ClN3O7/c28-13-2-4-16-15(9-13)27(26(36)29-16)23-22(17(30-27)7-12-1-5-18(32)19(33)8-12)24(34)31(25(23)35)14-3-6-20-21(10-14)38-11-37-20/h1-6,8-10,17,22-23,30,32-33H,7,11H2,(H,29,36)/t17-,22+,23-,27-/m0/s1. The van der Waals surface area contributed by atoms with E-state index in [1.165, 1.54) is 12.1 Å². The molecule has 4 aliphatic rings. The lowest BCUT2D eigenvalue weighted by atomic mass is 9.76. The van der Waals surface area contributed by atoms with Crippen LogP contribution in [0.3, 0.4) is 0 Å². The van der Waals surface area contributed by atoms with Gasteiger partial charge in [0.25, 0.3) is 0 Å². The monoisotopic (exact) mass is 533 g/mol. The summed E-state index contributed by atoms with van der Waals surface area (Å²) < 4.78 is 10.8.